The average Bonchev–Trinajstić information content (AvgIpc) is 3.12. The molecule has 2 aromatic carbocycles. The number of hydrogen-bond donors (Lipinski definition) is 0. The zero-order valence-corrected chi connectivity index (χ0v) is 20.1. The first-order chi connectivity index (χ1) is 14.3. The van der Waals surface area contributed by atoms with Gasteiger partial charge in [-0.2, -0.15) is 11.3 Å². The molecule has 0 aliphatic heterocycles. The van der Waals surface area contributed by atoms with Crippen molar-refractivity contribution in [3.8, 4) is 11.3 Å². The summed E-state index contributed by atoms with van der Waals surface area (Å²) >= 11 is 1.88. The molecular weight excluding hydrogens is 563 g/mol. The maximum Gasteiger partial charge on any atom is 0.0239 e. The Balaban J connectivity index is 0.00000175. The van der Waals surface area contributed by atoms with Crippen LogP contribution in [0.25, 0.3) is 31.4 Å². The van der Waals surface area contributed by atoms with Gasteiger partial charge in [0.25, 0.3) is 0 Å². The molecule has 1 nitrogen and oxygen atoms in total. The molecule has 0 unspecified atom stereocenters. The maximum atomic E-state index is 4.83. The van der Waals surface area contributed by atoms with Gasteiger partial charge in [0.2, 0.25) is 0 Å². The van der Waals surface area contributed by atoms with Crippen LogP contribution in [0.4, 0.5) is 0 Å². The summed E-state index contributed by atoms with van der Waals surface area (Å²) in [5, 5.41) is 2.68. The van der Waals surface area contributed by atoms with Crippen LogP contribution in [0.5, 0.6) is 0 Å². The Hall–Kier alpha value is -1.54. The third-order valence-electron chi connectivity index (χ3n) is 8.01. The van der Waals surface area contributed by atoms with Crippen LogP contribution in [-0.2, 0) is 25.5 Å². The van der Waals surface area contributed by atoms with Crippen LogP contribution in [0.2, 0.25) is 0 Å². The molecule has 4 aliphatic rings. The Labute approximate surface area is 195 Å². The van der Waals surface area contributed by atoms with Gasteiger partial charge in [-0.05, 0) is 95.2 Å². The molecule has 0 amide bonds. The van der Waals surface area contributed by atoms with E-state index in [1.54, 1.807) is 5.56 Å². The first kappa shape index (κ1) is 19.2. The van der Waals surface area contributed by atoms with E-state index in [2.05, 4.69) is 60.8 Å². The SMILES string of the molecule is [Ir].[c-]1ccc2c(sc3ccccc32)c1-c1cc(C23CC4CC(CC(C4)C2)C3)ccn1. The largest absolute Gasteiger partial charge is 0.305 e. The van der Waals surface area contributed by atoms with Crippen LogP contribution < -0.4 is 0 Å². The van der Waals surface area contributed by atoms with E-state index in [-0.39, 0.29) is 20.1 Å². The minimum atomic E-state index is 0. The fraction of sp³-hybridized carbons (Fsp3) is 0.370. The van der Waals surface area contributed by atoms with Crippen molar-refractivity contribution in [2.24, 2.45) is 17.8 Å². The topological polar surface area (TPSA) is 12.9 Å². The summed E-state index contributed by atoms with van der Waals surface area (Å²) in [5.74, 6) is 2.90. The third-order valence-corrected chi connectivity index (χ3v) is 9.21. The van der Waals surface area contributed by atoms with Gasteiger partial charge in [0, 0.05) is 31.0 Å². The zero-order valence-electron chi connectivity index (χ0n) is 16.9. The number of nitrogens with zero attached hydrogens (tertiary/aromatic N) is 1. The average molecular weight is 587 g/mol. The second-order valence-electron chi connectivity index (χ2n) is 9.82. The number of pyridine rings is 1. The van der Waals surface area contributed by atoms with Crippen LogP contribution in [0.15, 0.2) is 54.7 Å². The molecule has 0 saturated heterocycles. The van der Waals surface area contributed by atoms with Gasteiger partial charge < -0.3 is 4.98 Å². The summed E-state index contributed by atoms with van der Waals surface area (Å²) in [6.45, 7) is 0. The van der Waals surface area contributed by atoms with E-state index in [0.29, 0.717) is 5.41 Å². The van der Waals surface area contributed by atoms with Crippen molar-refractivity contribution in [1.29, 1.82) is 0 Å². The smallest absolute Gasteiger partial charge is 0.0239 e. The van der Waals surface area contributed by atoms with E-state index < -0.39 is 0 Å². The molecule has 2 heterocycles. The van der Waals surface area contributed by atoms with Crippen molar-refractivity contribution in [3.63, 3.8) is 0 Å². The van der Waals surface area contributed by atoms with Crippen molar-refractivity contribution < 1.29 is 20.1 Å². The Bertz CT molecular complexity index is 1220. The number of hydrogen-bond acceptors (Lipinski definition) is 2. The van der Waals surface area contributed by atoms with Crippen molar-refractivity contribution in [1.82, 2.24) is 4.98 Å². The summed E-state index contributed by atoms with van der Waals surface area (Å²) in [6.07, 6.45) is 10.7. The maximum absolute atomic E-state index is 4.83. The van der Waals surface area contributed by atoms with Crippen molar-refractivity contribution in [2.45, 2.75) is 43.9 Å². The fourth-order valence-corrected chi connectivity index (χ4v) is 8.45. The Morgan fingerprint density at radius 1 is 0.900 bits per heavy atom. The summed E-state index contributed by atoms with van der Waals surface area (Å²) in [7, 11) is 0. The number of rotatable bonds is 2. The first-order valence-electron chi connectivity index (χ1n) is 11.1. The van der Waals surface area contributed by atoms with Crippen molar-refractivity contribution in [2.75, 3.05) is 0 Å². The van der Waals surface area contributed by atoms with Crippen LogP contribution in [0.1, 0.15) is 44.1 Å². The molecule has 0 N–H and O–H groups in total. The fourth-order valence-electron chi connectivity index (χ4n) is 7.24. The standard InChI is InChI=1S/C27H24NS.Ir/c1-2-7-25-21(4-1)22-5-3-6-23(26(22)29-25)24-13-20(8-9-28-24)27-14-17-10-18(15-27)12-19(11-17)16-27;/h1-5,7-9,13,17-19H,10-12,14-16H2;/q-1;. The Morgan fingerprint density at radius 2 is 1.63 bits per heavy atom. The molecule has 4 fully saturated rings. The minimum Gasteiger partial charge on any atom is -0.305 e. The molecule has 2 aromatic heterocycles. The van der Waals surface area contributed by atoms with Crippen LogP contribution in [-0.4, -0.2) is 4.98 Å². The molecule has 4 bridgehead atoms. The monoisotopic (exact) mass is 587 g/mol. The quantitative estimate of drug-likeness (QED) is 0.223. The molecule has 0 atom stereocenters. The normalized spacial score (nSPS) is 29.4. The number of fused-ring (bicyclic) bond motifs is 3. The third kappa shape index (κ3) is 2.79. The molecule has 3 heteroatoms. The van der Waals surface area contributed by atoms with Gasteiger partial charge in [0.15, 0.2) is 0 Å². The molecule has 4 aliphatic carbocycles. The van der Waals surface area contributed by atoms with E-state index in [9.17, 15) is 0 Å². The molecule has 0 spiro atoms. The van der Waals surface area contributed by atoms with Gasteiger partial charge in [0.05, 0.1) is 0 Å². The second kappa shape index (κ2) is 6.99. The minimum absolute atomic E-state index is 0. The van der Waals surface area contributed by atoms with Crippen LogP contribution >= 0.6 is 11.3 Å². The summed E-state index contributed by atoms with van der Waals surface area (Å²) < 4.78 is 2.67. The predicted octanol–water partition coefficient (Wildman–Crippen LogP) is 7.38. The Morgan fingerprint density at radius 3 is 2.40 bits per heavy atom. The summed E-state index contributed by atoms with van der Waals surface area (Å²) in [6, 6.07) is 21.3. The van der Waals surface area contributed by atoms with E-state index >= 15 is 0 Å². The molecular formula is C27H24IrNS-. The first-order valence-corrected chi connectivity index (χ1v) is 11.9. The van der Waals surface area contributed by atoms with Gasteiger partial charge in [0.1, 0.15) is 0 Å². The van der Waals surface area contributed by atoms with Gasteiger partial charge >= 0.3 is 0 Å². The van der Waals surface area contributed by atoms with E-state index in [0.717, 1.165) is 23.4 Å². The van der Waals surface area contributed by atoms with Gasteiger partial charge in [-0.25, -0.2) is 0 Å². The van der Waals surface area contributed by atoms with Gasteiger partial charge in [-0.1, -0.05) is 29.7 Å². The summed E-state index contributed by atoms with van der Waals surface area (Å²) in [5.41, 5.74) is 4.25. The van der Waals surface area contributed by atoms with E-state index in [4.69, 9.17) is 4.98 Å². The molecule has 8 rings (SSSR count). The van der Waals surface area contributed by atoms with Crippen molar-refractivity contribution in [3.05, 3.63) is 66.4 Å². The number of aromatic nitrogens is 1. The van der Waals surface area contributed by atoms with Gasteiger partial charge in [-0.15, -0.1) is 23.8 Å². The van der Waals surface area contributed by atoms with E-state index in [1.807, 2.05) is 11.3 Å². The summed E-state index contributed by atoms with van der Waals surface area (Å²) in [4.78, 5) is 4.83. The second-order valence-corrected chi connectivity index (χ2v) is 10.9. The van der Waals surface area contributed by atoms with Gasteiger partial charge in [-0.3, -0.25) is 0 Å². The van der Waals surface area contributed by atoms with Crippen molar-refractivity contribution >= 4 is 31.5 Å². The zero-order chi connectivity index (χ0) is 19.0. The molecule has 30 heavy (non-hydrogen) atoms. The number of thiophene rings is 1. The van der Waals surface area contributed by atoms with E-state index in [1.165, 1.54) is 64.3 Å². The molecule has 4 saturated carbocycles. The van der Waals surface area contributed by atoms with Crippen LogP contribution in [0, 0.1) is 23.8 Å². The molecule has 1 radical (unpaired) electrons. The molecule has 4 aromatic rings. The predicted molar refractivity (Wildman–Crippen MR) is 121 cm³/mol. The Kier molecular flexibility index (Phi) is 4.46. The molecule has 153 valence electrons. The van der Waals surface area contributed by atoms with Crippen LogP contribution in [0.3, 0.4) is 0 Å². The number of benzene rings is 2.